The fourth-order valence-electron chi connectivity index (χ4n) is 2.16. The first-order valence-electron chi connectivity index (χ1n) is 6.34. The molecule has 1 N–H and O–H groups in total. The van der Waals surface area contributed by atoms with Gasteiger partial charge < -0.3 is 5.32 Å². The average molecular weight is 322 g/mol. The highest BCUT2D eigenvalue weighted by molar-refractivity contribution is 9.10. The number of hydrogen-bond donors (Lipinski definition) is 1. The molecule has 0 amide bonds. The standard InChI is InChI=1S/C16H17BrFN/c1-11(13-6-4-3-5-7-13)19-12(2)15-9-8-14(18)10-16(15)17/h3-12,19H,1-2H3. The van der Waals surface area contributed by atoms with E-state index in [1.807, 2.05) is 24.3 Å². The van der Waals surface area contributed by atoms with Crippen LogP contribution in [0.25, 0.3) is 0 Å². The van der Waals surface area contributed by atoms with Crippen LogP contribution in [0, 0.1) is 5.82 Å². The van der Waals surface area contributed by atoms with Crippen LogP contribution in [-0.4, -0.2) is 0 Å². The Morgan fingerprint density at radius 2 is 1.68 bits per heavy atom. The zero-order valence-corrected chi connectivity index (χ0v) is 12.6. The SMILES string of the molecule is CC(NC(C)c1ccc(F)cc1Br)c1ccccc1. The fourth-order valence-corrected chi connectivity index (χ4v) is 2.85. The molecule has 0 saturated carbocycles. The maximum absolute atomic E-state index is 13.1. The predicted molar refractivity (Wildman–Crippen MR) is 80.5 cm³/mol. The van der Waals surface area contributed by atoms with E-state index in [-0.39, 0.29) is 17.9 Å². The van der Waals surface area contributed by atoms with Crippen LogP contribution >= 0.6 is 15.9 Å². The minimum absolute atomic E-state index is 0.144. The Bertz CT molecular complexity index is 542. The van der Waals surface area contributed by atoms with E-state index >= 15 is 0 Å². The smallest absolute Gasteiger partial charge is 0.124 e. The number of nitrogens with one attached hydrogen (secondary N) is 1. The number of benzene rings is 2. The van der Waals surface area contributed by atoms with E-state index in [0.717, 1.165) is 10.0 Å². The molecule has 0 aromatic heterocycles. The number of halogens is 2. The summed E-state index contributed by atoms with van der Waals surface area (Å²) in [6.07, 6.45) is 0. The first kappa shape index (κ1) is 14.2. The van der Waals surface area contributed by atoms with E-state index in [4.69, 9.17) is 0 Å². The molecule has 0 saturated heterocycles. The van der Waals surface area contributed by atoms with Crippen molar-refractivity contribution in [2.75, 3.05) is 0 Å². The van der Waals surface area contributed by atoms with Gasteiger partial charge in [-0.2, -0.15) is 0 Å². The van der Waals surface area contributed by atoms with Crippen molar-refractivity contribution >= 4 is 15.9 Å². The van der Waals surface area contributed by atoms with E-state index in [2.05, 4.69) is 47.2 Å². The molecule has 2 atom stereocenters. The van der Waals surface area contributed by atoms with Crippen LogP contribution < -0.4 is 5.32 Å². The molecule has 3 heteroatoms. The van der Waals surface area contributed by atoms with Gasteiger partial charge >= 0.3 is 0 Å². The van der Waals surface area contributed by atoms with Gasteiger partial charge in [0.1, 0.15) is 5.82 Å². The largest absolute Gasteiger partial charge is 0.304 e. The maximum atomic E-state index is 13.1. The highest BCUT2D eigenvalue weighted by Gasteiger charge is 2.13. The van der Waals surface area contributed by atoms with E-state index in [0.29, 0.717) is 0 Å². The van der Waals surface area contributed by atoms with Crippen LogP contribution in [0.2, 0.25) is 0 Å². The van der Waals surface area contributed by atoms with E-state index in [9.17, 15) is 4.39 Å². The van der Waals surface area contributed by atoms with Crippen molar-refractivity contribution in [3.63, 3.8) is 0 Å². The van der Waals surface area contributed by atoms with E-state index in [1.165, 1.54) is 17.7 Å². The number of hydrogen-bond acceptors (Lipinski definition) is 1. The Kier molecular flexibility index (Phi) is 4.72. The highest BCUT2D eigenvalue weighted by Crippen LogP contribution is 2.26. The van der Waals surface area contributed by atoms with Crippen LogP contribution in [0.3, 0.4) is 0 Å². The van der Waals surface area contributed by atoms with Crippen LogP contribution in [0.1, 0.15) is 37.1 Å². The van der Waals surface area contributed by atoms with Crippen molar-refractivity contribution < 1.29 is 4.39 Å². The summed E-state index contributed by atoms with van der Waals surface area (Å²) in [6, 6.07) is 15.5. The lowest BCUT2D eigenvalue weighted by Crippen LogP contribution is -2.22. The lowest BCUT2D eigenvalue weighted by molar-refractivity contribution is 0.492. The van der Waals surface area contributed by atoms with Gasteiger partial charge in [0.15, 0.2) is 0 Å². The van der Waals surface area contributed by atoms with Crippen molar-refractivity contribution in [3.05, 3.63) is 69.9 Å². The average Bonchev–Trinajstić information content (AvgIpc) is 2.39. The molecule has 2 aromatic rings. The van der Waals surface area contributed by atoms with Gasteiger partial charge in [-0.25, -0.2) is 4.39 Å². The Labute approximate surface area is 122 Å². The van der Waals surface area contributed by atoms with Gasteiger partial charge in [-0.1, -0.05) is 52.3 Å². The summed E-state index contributed by atoms with van der Waals surface area (Å²) in [5, 5.41) is 3.52. The summed E-state index contributed by atoms with van der Waals surface area (Å²) in [4.78, 5) is 0. The van der Waals surface area contributed by atoms with Crippen molar-refractivity contribution in [2.45, 2.75) is 25.9 Å². The Morgan fingerprint density at radius 3 is 2.32 bits per heavy atom. The van der Waals surface area contributed by atoms with Gasteiger partial charge in [0.25, 0.3) is 0 Å². The summed E-state index contributed by atoms with van der Waals surface area (Å²) in [5.74, 6) is -0.223. The van der Waals surface area contributed by atoms with Gasteiger partial charge in [0, 0.05) is 16.6 Å². The van der Waals surface area contributed by atoms with Gasteiger partial charge in [-0.15, -0.1) is 0 Å². The monoisotopic (exact) mass is 321 g/mol. The third-order valence-electron chi connectivity index (χ3n) is 3.23. The molecular formula is C16H17BrFN. The summed E-state index contributed by atoms with van der Waals surface area (Å²) < 4.78 is 13.9. The summed E-state index contributed by atoms with van der Waals surface area (Å²) in [6.45, 7) is 4.21. The predicted octanol–water partition coefficient (Wildman–Crippen LogP) is 5.00. The summed E-state index contributed by atoms with van der Waals surface area (Å²) >= 11 is 3.41. The molecule has 100 valence electrons. The quantitative estimate of drug-likeness (QED) is 0.835. The molecule has 0 fully saturated rings. The fraction of sp³-hybridized carbons (Fsp3) is 0.250. The maximum Gasteiger partial charge on any atom is 0.124 e. The van der Waals surface area contributed by atoms with Gasteiger partial charge in [0.2, 0.25) is 0 Å². The zero-order chi connectivity index (χ0) is 13.8. The molecule has 19 heavy (non-hydrogen) atoms. The van der Waals surface area contributed by atoms with Crippen LogP contribution in [0.4, 0.5) is 4.39 Å². The second-order valence-corrected chi connectivity index (χ2v) is 5.54. The molecular weight excluding hydrogens is 305 g/mol. The van der Waals surface area contributed by atoms with Crippen molar-refractivity contribution in [1.82, 2.24) is 5.32 Å². The normalized spacial score (nSPS) is 14.1. The summed E-state index contributed by atoms with van der Waals surface area (Å²) in [7, 11) is 0. The lowest BCUT2D eigenvalue weighted by Gasteiger charge is -2.21. The zero-order valence-electron chi connectivity index (χ0n) is 11.0. The molecule has 0 radical (unpaired) electrons. The van der Waals surface area contributed by atoms with Crippen LogP contribution in [-0.2, 0) is 0 Å². The first-order valence-corrected chi connectivity index (χ1v) is 7.13. The summed E-state index contributed by atoms with van der Waals surface area (Å²) in [5.41, 5.74) is 2.30. The highest BCUT2D eigenvalue weighted by atomic mass is 79.9. The second kappa shape index (κ2) is 6.31. The molecule has 2 unspecified atom stereocenters. The Hall–Kier alpha value is -1.19. The molecule has 0 aliphatic heterocycles. The third kappa shape index (κ3) is 3.64. The van der Waals surface area contributed by atoms with Crippen LogP contribution in [0.15, 0.2) is 53.0 Å². The van der Waals surface area contributed by atoms with E-state index in [1.54, 1.807) is 0 Å². The van der Waals surface area contributed by atoms with Crippen molar-refractivity contribution in [1.29, 1.82) is 0 Å². The molecule has 0 aliphatic carbocycles. The van der Waals surface area contributed by atoms with Crippen molar-refractivity contribution in [3.8, 4) is 0 Å². The second-order valence-electron chi connectivity index (χ2n) is 4.69. The first-order chi connectivity index (χ1) is 9.08. The molecule has 0 aliphatic rings. The molecule has 2 aromatic carbocycles. The van der Waals surface area contributed by atoms with Gasteiger partial charge in [0.05, 0.1) is 0 Å². The molecule has 0 heterocycles. The minimum Gasteiger partial charge on any atom is -0.304 e. The van der Waals surface area contributed by atoms with Gasteiger partial charge in [-0.3, -0.25) is 0 Å². The van der Waals surface area contributed by atoms with Crippen molar-refractivity contribution in [2.24, 2.45) is 0 Å². The Balaban J connectivity index is 2.10. The third-order valence-corrected chi connectivity index (χ3v) is 3.92. The lowest BCUT2D eigenvalue weighted by atomic mass is 10.0. The molecule has 0 bridgehead atoms. The van der Waals surface area contributed by atoms with Crippen LogP contribution in [0.5, 0.6) is 0 Å². The number of rotatable bonds is 4. The topological polar surface area (TPSA) is 12.0 Å². The molecule has 1 nitrogen and oxygen atoms in total. The minimum atomic E-state index is -0.223. The Morgan fingerprint density at radius 1 is 1.00 bits per heavy atom. The molecule has 2 rings (SSSR count). The molecule has 0 spiro atoms. The van der Waals surface area contributed by atoms with E-state index < -0.39 is 0 Å². The van der Waals surface area contributed by atoms with Gasteiger partial charge in [-0.05, 0) is 37.1 Å².